The van der Waals surface area contributed by atoms with Crippen LogP contribution in [0.5, 0.6) is 5.75 Å². The molecular weight excluding hydrogens is 278 g/mol. The summed E-state index contributed by atoms with van der Waals surface area (Å²) >= 11 is 1.09. The molecule has 0 bridgehead atoms. The van der Waals surface area contributed by atoms with E-state index in [2.05, 4.69) is 5.32 Å². The van der Waals surface area contributed by atoms with Crippen molar-refractivity contribution < 1.29 is 19.4 Å². The SMILES string of the molecule is CCC(NC(=O)CSCC(=O)O)c1ccc(OC)cc1. The van der Waals surface area contributed by atoms with Crippen molar-refractivity contribution in [3.63, 3.8) is 0 Å². The molecule has 1 unspecified atom stereocenters. The molecule has 1 atom stereocenters. The number of nitrogens with one attached hydrogen (secondary N) is 1. The summed E-state index contributed by atoms with van der Waals surface area (Å²) in [7, 11) is 1.60. The second-order valence-electron chi connectivity index (χ2n) is 4.19. The quantitative estimate of drug-likeness (QED) is 0.768. The van der Waals surface area contributed by atoms with Crippen molar-refractivity contribution in [2.24, 2.45) is 0 Å². The van der Waals surface area contributed by atoms with Gasteiger partial charge in [-0.25, -0.2) is 0 Å². The number of thioether (sulfide) groups is 1. The molecule has 1 aromatic rings. The van der Waals surface area contributed by atoms with Crippen LogP contribution in [0.25, 0.3) is 0 Å². The van der Waals surface area contributed by atoms with Gasteiger partial charge in [-0.15, -0.1) is 11.8 Å². The molecule has 0 saturated heterocycles. The Kier molecular flexibility index (Phi) is 6.93. The van der Waals surface area contributed by atoms with Crippen molar-refractivity contribution in [2.75, 3.05) is 18.6 Å². The maximum Gasteiger partial charge on any atom is 0.313 e. The summed E-state index contributed by atoms with van der Waals surface area (Å²) in [5.74, 6) is -0.207. The molecule has 0 heterocycles. The second-order valence-corrected chi connectivity index (χ2v) is 5.17. The first-order valence-corrected chi connectivity index (χ1v) is 7.45. The number of aliphatic carboxylic acids is 1. The Morgan fingerprint density at radius 3 is 2.45 bits per heavy atom. The average Bonchev–Trinajstić information content (AvgIpc) is 2.44. The number of rotatable bonds is 8. The first-order chi connectivity index (χ1) is 9.56. The number of amides is 1. The van der Waals surface area contributed by atoms with E-state index in [4.69, 9.17) is 9.84 Å². The fraction of sp³-hybridized carbons (Fsp3) is 0.429. The Hall–Kier alpha value is -1.69. The van der Waals surface area contributed by atoms with Crippen LogP contribution in [-0.4, -0.2) is 35.6 Å². The topological polar surface area (TPSA) is 75.6 Å². The van der Waals surface area contributed by atoms with Crippen LogP contribution in [0.3, 0.4) is 0 Å². The van der Waals surface area contributed by atoms with Gasteiger partial charge < -0.3 is 15.2 Å². The van der Waals surface area contributed by atoms with E-state index in [0.717, 1.165) is 29.5 Å². The number of hydrogen-bond acceptors (Lipinski definition) is 4. The Morgan fingerprint density at radius 2 is 1.95 bits per heavy atom. The lowest BCUT2D eigenvalue weighted by atomic mass is 10.0. The number of carbonyl (C=O) groups excluding carboxylic acids is 1. The van der Waals surface area contributed by atoms with Gasteiger partial charge in [-0.1, -0.05) is 19.1 Å². The van der Waals surface area contributed by atoms with Crippen LogP contribution < -0.4 is 10.1 Å². The Balaban J connectivity index is 2.52. The zero-order valence-electron chi connectivity index (χ0n) is 11.6. The molecule has 0 fully saturated rings. The van der Waals surface area contributed by atoms with E-state index >= 15 is 0 Å². The molecule has 0 aromatic heterocycles. The van der Waals surface area contributed by atoms with Crippen molar-refractivity contribution >= 4 is 23.6 Å². The summed E-state index contributed by atoms with van der Waals surface area (Å²) in [6, 6.07) is 7.46. The van der Waals surface area contributed by atoms with Gasteiger partial charge in [-0.05, 0) is 24.1 Å². The minimum absolute atomic E-state index is 0.0628. The van der Waals surface area contributed by atoms with Crippen LogP contribution in [-0.2, 0) is 9.59 Å². The number of benzene rings is 1. The summed E-state index contributed by atoms with van der Waals surface area (Å²) < 4.78 is 5.09. The Morgan fingerprint density at radius 1 is 1.30 bits per heavy atom. The van der Waals surface area contributed by atoms with E-state index in [9.17, 15) is 9.59 Å². The minimum Gasteiger partial charge on any atom is -0.497 e. The highest BCUT2D eigenvalue weighted by Crippen LogP contribution is 2.20. The van der Waals surface area contributed by atoms with Gasteiger partial charge in [0.25, 0.3) is 0 Å². The molecule has 0 radical (unpaired) electrons. The first kappa shape index (κ1) is 16.4. The molecule has 20 heavy (non-hydrogen) atoms. The van der Waals surface area contributed by atoms with Crippen LogP contribution in [0.2, 0.25) is 0 Å². The molecule has 6 heteroatoms. The molecule has 2 N–H and O–H groups in total. The predicted octanol–water partition coefficient (Wildman–Crippen LogP) is 2.08. The lowest BCUT2D eigenvalue weighted by molar-refractivity contribution is -0.133. The van der Waals surface area contributed by atoms with Gasteiger partial charge in [0.2, 0.25) is 5.91 Å². The monoisotopic (exact) mass is 297 g/mol. The number of methoxy groups -OCH3 is 1. The standard InChI is InChI=1S/C14H19NO4S/c1-3-12(10-4-6-11(19-2)7-5-10)15-13(16)8-20-9-14(17)18/h4-7,12H,3,8-9H2,1-2H3,(H,15,16)(H,17,18). The summed E-state index contributed by atoms with van der Waals surface area (Å²) in [6.07, 6.45) is 0.766. The van der Waals surface area contributed by atoms with Gasteiger partial charge in [0.1, 0.15) is 5.75 Å². The van der Waals surface area contributed by atoms with Crippen LogP contribution in [0, 0.1) is 0 Å². The summed E-state index contributed by atoms with van der Waals surface area (Å²) in [5, 5.41) is 11.4. The van der Waals surface area contributed by atoms with Gasteiger partial charge >= 0.3 is 5.97 Å². The van der Waals surface area contributed by atoms with E-state index < -0.39 is 5.97 Å². The maximum absolute atomic E-state index is 11.7. The average molecular weight is 297 g/mol. The first-order valence-electron chi connectivity index (χ1n) is 6.29. The highest BCUT2D eigenvalue weighted by atomic mass is 32.2. The van der Waals surface area contributed by atoms with Crippen molar-refractivity contribution in [2.45, 2.75) is 19.4 Å². The molecule has 1 rings (SSSR count). The third kappa shape index (κ3) is 5.52. The molecule has 1 amide bonds. The zero-order chi connectivity index (χ0) is 15.0. The number of carbonyl (C=O) groups is 2. The molecule has 0 saturated carbocycles. The number of ether oxygens (including phenoxy) is 1. The van der Waals surface area contributed by atoms with Crippen LogP contribution in [0.15, 0.2) is 24.3 Å². The molecule has 0 aliphatic heterocycles. The van der Waals surface area contributed by atoms with Crippen molar-refractivity contribution in [3.05, 3.63) is 29.8 Å². The lowest BCUT2D eigenvalue weighted by Gasteiger charge is -2.17. The van der Waals surface area contributed by atoms with E-state index in [1.54, 1.807) is 7.11 Å². The van der Waals surface area contributed by atoms with Gasteiger partial charge in [-0.3, -0.25) is 9.59 Å². The fourth-order valence-corrected chi connectivity index (χ4v) is 2.27. The molecule has 0 spiro atoms. The van der Waals surface area contributed by atoms with Gasteiger partial charge in [0.05, 0.1) is 24.7 Å². The highest BCUT2D eigenvalue weighted by Gasteiger charge is 2.13. The molecular formula is C14H19NO4S. The molecule has 0 aliphatic carbocycles. The van der Waals surface area contributed by atoms with Crippen molar-refractivity contribution in [3.8, 4) is 5.75 Å². The molecule has 5 nitrogen and oxygen atoms in total. The highest BCUT2D eigenvalue weighted by molar-refractivity contribution is 8.00. The molecule has 110 valence electrons. The number of carboxylic acid groups (broad SMARTS) is 1. The van der Waals surface area contributed by atoms with Crippen molar-refractivity contribution in [1.29, 1.82) is 0 Å². The third-order valence-corrected chi connectivity index (χ3v) is 3.64. The molecule has 0 aliphatic rings. The third-order valence-electron chi connectivity index (χ3n) is 2.72. The predicted molar refractivity (Wildman–Crippen MR) is 79.1 cm³/mol. The Bertz CT molecular complexity index is 447. The number of hydrogen-bond donors (Lipinski definition) is 2. The fourth-order valence-electron chi connectivity index (χ4n) is 1.72. The van der Waals surface area contributed by atoms with Gasteiger partial charge in [-0.2, -0.15) is 0 Å². The maximum atomic E-state index is 11.7. The largest absolute Gasteiger partial charge is 0.497 e. The lowest BCUT2D eigenvalue weighted by Crippen LogP contribution is -2.29. The zero-order valence-corrected chi connectivity index (χ0v) is 12.4. The molecule has 1 aromatic carbocycles. The summed E-state index contributed by atoms with van der Waals surface area (Å²) in [4.78, 5) is 22.1. The smallest absolute Gasteiger partial charge is 0.313 e. The van der Waals surface area contributed by atoms with Crippen LogP contribution >= 0.6 is 11.8 Å². The van der Waals surface area contributed by atoms with Gasteiger partial charge in [0, 0.05) is 0 Å². The summed E-state index contributed by atoms with van der Waals surface area (Å²) in [5.41, 5.74) is 1.00. The Labute approximate surface area is 122 Å². The van der Waals surface area contributed by atoms with E-state index in [1.807, 2.05) is 31.2 Å². The number of carboxylic acids is 1. The second kappa shape index (κ2) is 8.47. The van der Waals surface area contributed by atoms with Crippen molar-refractivity contribution in [1.82, 2.24) is 5.32 Å². The minimum atomic E-state index is -0.912. The van der Waals surface area contributed by atoms with E-state index in [1.165, 1.54) is 0 Å². The van der Waals surface area contributed by atoms with Crippen LogP contribution in [0.4, 0.5) is 0 Å². The normalized spacial score (nSPS) is 11.7. The van der Waals surface area contributed by atoms with Crippen LogP contribution in [0.1, 0.15) is 24.9 Å². The van der Waals surface area contributed by atoms with E-state index in [0.29, 0.717) is 0 Å². The van der Waals surface area contributed by atoms with Gasteiger partial charge in [0.15, 0.2) is 0 Å². The van der Waals surface area contributed by atoms with E-state index in [-0.39, 0.29) is 23.5 Å². The summed E-state index contributed by atoms with van der Waals surface area (Å²) in [6.45, 7) is 1.99.